The molecule has 3 nitrogen and oxygen atoms in total. The molecule has 0 saturated heterocycles. The molecule has 1 atom stereocenters. The number of halogens is 3. The summed E-state index contributed by atoms with van der Waals surface area (Å²) in [5.41, 5.74) is 0.606. The minimum Gasteiger partial charge on any atom is -0.322 e. The second-order valence-electron chi connectivity index (χ2n) is 4.95. The van der Waals surface area contributed by atoms with Crippen LogP contribution >= 0.6 is 0 Å². The lowest BCUT2D eigenvalue weighted by molar-refractivity contribution is -0.137. The SMILES string of the molecule is CS(=O)Cc1cccc(C(=O)Nc2ccc(C(F)(F)F)cc2)c1. The van der Waals surface area contributed by atoms with Gasteiger partial charge < -0.3 is 5.32 Å². The van der Waals surface area contributed by atoms with Gasteiger partial charge in [0.1, 0.15) is 0 Å². The molecule has 2 aromatic carbocycles. The van der Waals surface area contributed by atoms with Gasteiger partial charge in [0.2, 0.25) is 0 Å². The Bertz CT molecular complexity index is 727. The van der Waals surface area contributed by atoms with Crippen LogP contribution in [-0.2, 0) is 22.7 Å². The molecule has 2 rings (SSSR count). The number of carbonyl (C=O) groups excluding carboxylic acids is 1. The quantitative estimate of drug-likeness (QED) is 0.918. The number of hydrogen-bond donors (Lipinski definition) is 1. The van der Waals surface area contributed by atoms with Crippen molar-refractivity contribution < 1.29 is 22.2 Å². The van der Waals surface area contributed by atoms with Crippen LogP contribution < -0.4 is 5.32 Å². The third-order valence-electron chi connectivity index (χ3n) is 3.03. The first kappa shape index (κ1) is 17.2. The molecule has 0 fully saturated rings. The minimum absolute atomic E-state index is 0.271. The number of nitrogens with one attached hydrogen (secondary N) is 1. The molecule has 0 aliphatic carbocycles. The summed E-state index contributed by atoms with van der Waals surface area (Å²) in [4.78, 5) is 12.1. The van der Waals surface area contributed by atoms with Crippen molar-refractivity contribution >= 4 is 22.4 Å². The number of rotatable bonds is 4. The lowest BCUT2D eigenvalue weighted by Crippen LogP contribution is -2.13. The third-order valence-corrected chi connectivity index (χ3v) is 3.77. The van der Waals surface area contributed by atoms with Gasteiger partial charge in [-0.25, -0.2) is 0 Å². The first-order valence-corrected chi connectivity index (χ1v) is 8.36. The number of amides is 1. The fourth-order valence-electron chi connectivity index (χ4n) is 1.98. The normalized spacial score (nSPS) is 12.7. The highest BCUT2D eigenvalue weighted by atomic mass is 32.2. The number of anilines is 1. The van der Waals surface area contributed by atoms with Crippen LogP contribution in [0.25, 0.3) is 0 Å². The molecule has 1 N–H and O–H groups in total. The molecule has 0 aliphatic heterocycles. The summed E-state index contributed by atoms with van der Waals surface area (Å²) < 4.78 is 48.7. The van der Waals surface area contributed by atoms with Crippen molar-refractivity contribution in [2.24, 2.45) is 0 Å². The lowest BCUT2D eigenvalue weighted by atomic mass is 10.1. The predicted molar refractivity (Wildman–Crippen MR) is 83.6 cm³/mol. The van der Waals surface area contributed by atoms with Gasteiger partial charge in [0.05, 0.1) is 5.56 Å². The molecule has 0 aliphatic rings. The van der Waals surface area contributed by atoms with Crippen LogP contribution in [-0.4, -0.2) is 16.4 Å². The van der Waals surface area contributed by atoms with Crippen LogP contribution in [0.3, 0.4) is 0 Å². The monoisotopic (exact) mass is 341 g/mol. The Kier molecular flexibility index (Phi) is 5.20. The van der Waals surface area contributed by atoms with Crippen molar-refractivity contribution in [1.29, 1.82) is 0 Å². The Labute approximate surface area is 134 Å². The highest BCUT2D eigenvalue weighted by Gasteiger charge is 2.29. The Hall–Kier alpha value is -2.15. The fourth-order valence-corrected chi connectivity index (χ4v) is 2.63. The molecule has 7 heteroatoms. The zero-order valence-corrected chi connectivity index (χ0v) is 13.0. The van der Waals surface area contributed by atoms with Crippen molar-refractivity contribution in [2.75, 3.05) is 11.6 Å². The van der Waals surface area contributed by atoms with Crippen molar-refractivity contribution in [2.45, 2.75) is 11.9 Å². The minimum atomic E-state index is -4.41. The van der Waals surface area contributed by atoms with Gasteiger partial charge in [-0.05, 0) is 42.0 Å². The molecule has 0 saturated carbocycles. The molecular formula is C16H14F3NO2S. The maximum absolute atomic E-state index is 12.5. The van der Waals surface area contributed by atoms with Crippen molar-refractivity contribution in [3.8, 4) is 0 Å². The summed E-state index contributed by atoms with van der Waals surface area (Å²) in [6.45, 7) is 0. The van der Waals surface area contributed by atoms with Crippen molar-refractivity contribution in [3.63, 3.8) is 0 Å². The van der Waals surface area contributed by atoms with E-state index in [2.05, 4.69) is 5.32 Å². The van der Waals surface area contributed by atoms with Gasteiger partial charge in [-0.2, -0.15) is 13.2 Å². The third kappa shape index (κ3) is 4.92. The second-order valence-corrected chi connectivity index (χ2v) is 6.38. The molecule has 2 aromatic rings. The highest BCUT2D eigenvalue weighted by molar-refractivity contribution is 7.83. The van der Waals surface area contributed by atoms with Crippen LogP contribution in [0.5, 0.6) is 0 Å². The molecule has 0 heterocycles. The zero-order chi connectivity index (χ0) is 17.0. The summed E-state index contributed by atoms with van der Waals surface area (Å²) in [6, 6.07) is 10.8. The van der Waals surface area contributed by atoms with Gasteiger partial charge in [-0.15, -0.1) is 0 Å². The maximum Gasteiger partial charge on any atom is 0.416 e. The van der Waals surface area contributed by atoms with Crippen LogP contribution in [0.4, 0.5) is 18.9 Å². The van der Waals surface area contributed by atoms with E-state index in [-0.39, 0.29) is 5.69 Å². The fraction of sp³-hybridized carbons (Fsp3) is 0.188. The second kappa shape index (κ2) is 6.95. The zero-order valence-electron chi connectivity index (χ0n) is 12.2. The topological polar surface area (TPSA) is 46.2 Å². The molecule has 0 spiro atoms. The van der Waals surface area contributed by atoms with Crippen LogP contribution in [0.15, 0.2) is 48.5 Å². The molecule has 0 aromatic heterocycles. The van der Waals surface area contributed by atoms with E-state index < -0.39 is 28.4 Å². The summed E-state index contributed by atoms with van der Waals surface area (Å²) in [6.07, 6.45) is -2.85. The first-order chi connectivity index (χ1) is 10.8. The van der Waals surface area contributed by atoms with Gasteiger partial charge in [0.25, 0.3) is 5.91 Å². The summed E-state index contributed by atoms with van der Waals surface area (Å²) in [7, 11) is -1.03. The molecule has 1 unspecified atom stereocenters. The highest BCUT2D eigenvalue weighted by Crippen LogP contribution is 2.29. The van der Waals surface area contributed by atoms with E-state index in [1.807, 2.05) is 0 Å². The predicted octanol–water partition coefficient (Wildman–Crippen LogP) is 3.84. The summed E-state index contributed by atoms with van der Waals surface area (Å²) in [5, 5.41) is 2.54. The largest absolute Gasteiger partial charge is 0.416 e. The van der Waals surface area contributed by atoms with Crippen molar-refractivity contribution in [3.05, 3.63) is 65.2 Å². The lowest BCUT2D eigenvalue weighted by Gasteiger charge is -2.09. The molecule has 122 valence electrons. The number of carbonyl (C=O) groups is 1. The first-order valence-electron chi connectivity index (χ1n) is 6.63. The Morgan fingerprint density at radius 1 is 1.13 bits per heavy atom. The molecule has 1 amide bonds. The van der Waals surface area contributed by atoms with Gasteiger partial charge in [0.15, 0.2) is 0 Å². The van der Waals surface area contributed by atoms with Crippen LogP contribution in [0.2, 0.25) is 0 Å². The van der Waals surface area contributed by atoms with E-state index in [4.69, 9.17) is 0 Å². The van der Waals surface area contributed by atoms with E-state index in [1.165, 1.54) is 12.1 Å². The Morgan fingerprint density at radius 3 is 2.35 bits per heavy atom. The van der Waals surface area contributed by atoms with Crippen molar-refractivity contribution in [1.82, 2.24) is 0 Å². The molecule has 23 heavy (non-hydrogen) atoms. The van der Waals surface area contributed by atoms with E-state index in [0.29, 0.717) is 11.3 Å². The Balaban J connectivity index is 2.11. The molecule has 0 bridgehead atoms. The van der Waals surface area contributed by atoms with E-state index in [1.54, 1.807) is 30.5 Å². The Morgan fingerprint density at radius 2 is 1.78 bits per heavy atom. The number of hydrogen-bond acceptors (Lipinski definition) is 2. The van der Waals surface area contributed by atoms with Gasteiger partial charge in [-0.3, -0.25) is 9.00 Å². The van der Waals surface area contributed by atoms with Crippen LogP contribution in [0, 0.1) is 0 Å². The van der Waals surface area contributed by atoms with Gasteiger partial charge >= 0.3 is 6.18 Å². The average molecular weight is 341 g/mol. The van der Waals surface area contributed by atoms with E-state index in [0.717, 1.165) is 17.7 Å². The average Bonchev–Trinajstić information content (AvgIpc) is 2.46. The van der Waals surface area contributed by atoms with Gasteiger partial charge in [-0.1, -0.05) is 12.1 Å². The summed E-state index contributed by atoms with van der Waals surface area (Å²) >= 11 is 0. The van der Waals surface area contributed by atoms with E-state index >= 15 is 0 Å². The number of alkyl halides is 3. The molecular weight excluding hydrogens is 327 g/mol. The molecule has 0 radical (unpaired) electrons. The smallest absolute Gasteiger partial charge is 0.322 e. The van der Waals surface area contributed by atoms with E-state index in [9.17, 15) is 22.2 Å². The standard InChI is InChI=1S/C16H14F3NO2S/c1-23(22)10-11-3-2-4-12(9-11)15(21)20-14-7-5-13(6-8-14)16(17,18)19/h2-9H,10H2,1H3,(H,20,21). The van der Waals surface area contributed by atoms with Gasteiger partial charge in [0, 0.05) is 34.1 Å². The summed E-state index contributed by atoms with van der Waals surface area (Å²) in [5.74, 6) is -0.102. The van der Waals surface area contributed by atoms with Crippen LogP contribution in [0.1, 0.15) is 21.5 Å². The maximum atomic E-state index is 12.5. The number of benzene rings is 2.